The van der Waals surface area contributed by atoms with Gasteiger partial charge in [-0.2, -0.15) is 5.10 Å². The monoisotopic (exact) mass is 312 g/mol. The Labute approximate surface area is 127 Å². The second-order valence-corrected chi connectivity index (χ2v) is 5.22. The zero-order valence-corrected chi connectivity index (χ0v) is 12.4. The summed E-state index contributed by atoms with van der Waals surface area (Å²) in [7, 11) is 0. The van der Waals surface area contributed by atoms with Gasteiger partial charge in [0.1, 0.15) is 0 Å². The summed E-state index contributed by atoms with van der Waals surface area (Å²) in [5.41, 5.74) is 5.42. The second-order valence-electron chi connectivity index (χ2n) is 3.94. The molecule has 2 aromatic carbocycles. The van der Waals surface area contributed by atoms with Crippen molar-refractivity contribution in [3.8, 4) is 0 Å². The Morgan fingerprint density at radius 1 is 0.947 bits per heavy atom. The maximum Gasteiger partial charge on any atom is 0.0663 e. The average molecular weight is 314 g/mol. The van der Waals surface area contributed by atoms with Gasteiger partial charge in [0.05, 0.1) is 16.4 Å². The number of hydrazone groups is 1. The molecular formula is C14H11Cl3N2. The van der Waals surface area contributed by atoms with Crippen LogP contribution < -0.4 is 5.43 Å². The lowest BCUT2D eigenvalue weighted by Crippen LogP contribution is -2.00. The van der Waals surface area contributed by atoms with Crippen LogP contribution in [0.25, 0.3) is 0 Å². The lowest BCUT2D eigenvalue weighted by Gasteiger charge is -2.06. The Hall–Kier alpha value is -1.22. The summed E-state index contributed by atoms with van der Waals surface area (Å²) in [6.07, 6.45) is 0. The predicted molar refractivity (Wildman–Crippen MR) is 83.7 cm³/mol. The number of hydrogen-bond donors (Lipinski definition) is 1. The van der Waals surface area contributed by atoms with Gasteiger partial charge in [0.2, 0.25) is 0 Å². The van der Waals surface area contributed by atoms with E-state index >= 15 is 0 Å². The molecule has 0 fully saturated rings. The molecule has 0 aliphatic carbocycles. The molecule has 98 valence electrons. The molecule has 0 unspecified atom stereocenters. The third-order valence-corrected chi connectivity index (χ3v) is 3.32. The van der Waals surface area contributed by atoms with Crippen LogP contribution in [-0.2, 0) is 0 Å². The van der Waals surface area contributed by atoms with Crippen LogP contribution in [-0.4, -0.2) is 5.71 Å². The van der Waals surface area contributed by atoms with Crippen molar-refractivity contribution in [1.82, 2.24) is 0 Å². The molecular weight excluding hydrogens is 303 g/mol. The first-order valence-corrected chi connectivity index (χ1v) is 6.71. The van der Waals surface area contributed by atoms with Gasteiger partial charge >= 0.3 is 0 Å². The third-order valence-electron chi connectivity index (χ3n) is 2.52. The fourth-order valence-corrected chi connectivity index (χ4v) is 2.19. The Kier molecular flexibility index (Phi) is 4.70. The maximum absolute atomic E-state index is 6.12. The topological polar surface area (TPSA) is 24.4 Å². The van der Waals surface area contributed by atoms with Crippen LogP contribution in [0.4, 0.5) is 5.69 Å². The highest BCUT2D eigenvalue weighted by Crippen LogP contribution is 2.22. The van der Waals surface area contributed by atoms with Gasteiger partial charge in [-0.1, -0.05) is 40.9 Å². The summed E-state index contributed by atoms with van der Waals surface area (Å²) >= 11 is 17.8. The van der Waals surface area contributed by atoms with Crippen LogP contribution in [0.2, 0.25) is 15.1 Å². The fourth-order valence-electron chi connectivity index (χ4n) is 1.52. The molecule has 0 heterocycles. The van der Waals surface area contributed by atoms with Crippen LogP contribution in [0.5, 0.6) is 0 Å². The lowest BCUT2D eigenvalue weighted by atomic mass is 10.1. The number of hydrogen-bond acceptors (Lipinski definition) is 2. The van der Waals surface area contributed by atoms with Crippen molar-refractivity contribution < 1.29 is 0 Å². The van der Waals surface area contributed by atoms with E-state index in [4.69, 9.17) is 34.8 Å². The SMILES string of the molecule is C/C(=N/Nc1ccc(Cl)cc1)c1ccc(Cl)cc1Cl. The molecule has 0 aliphatic rings. The smallest absolute Gasteiger partial charge is 0.0663 e. The predicted octanol–water partition coefficient (Wildman–Crippen LogP) is 5.48. The number of benzene rings is 2. The van der Waals surface area contributed by atoms with Crippen LogP contribution in [0.3, 0.4) is 0 Å². The Bertz CT molecular complexity index is 607. The molecule has 0 bridgehead atoms. The first kappa shape index (κ1) is 14.2. The first-order valence-electron chi connectivity index (χ1n) is 5.57. The molecule has 0 saturated carbocycles. The zero-order valence-electron chi connectivity index (χ0n) is 10.1. The molecule has 2 rings (SSSR count). The molecule has 5 heteroatoms. The highest BCUT2D eigenvalue weighted by atomic mass is 35.5. The van der Waals surface area contributed by atoms with E-state index in [1.807, 2.05) is 25.1 Å². The number of nitrogens with one attached hydrogen (secondary N) is 1. The van der Waals surface area contributed by atoms with Crippen molar-refractivity contribution in [2.75, 3.05) is 5.43 Å². The molecule has 0 amide bonds. The number of rotatable bonds is 3. The Balaban J connectivity index is 2.16. The molecule has 0 saturated heterocycles. The van der Waals surface area contributed by atoms with Crippen molar-refractivity contribution in [1.29, 1.82) is 0 Å². The Morgan fingerprint density at radius 2 is 1.58 bits per heavy atom. The minimum atomic E-state index is 0.576. The van der Waals surface area contributed by atoms with Crippen molar-refractivity contribution in [2.45, 2.75) is 6.92 Å². The van der Waals surface area contributed by atoms with Gasteiger partial charge in [0.15, 0.2) is 0 Å². The quantitative estimate of drug-likeness (QED) is 0.588. The molecule has 2 aromatic rings. The van der Waals surface area contributed by atoms with E-state index in [0.29, 0.717) is 15.1 Å². The van der Waals surface area contributed by atoms with E-state index in [2.05, 4.69) is 10.5 Å². The second kappa shape index (κ2) is 6.29. The van der Waals surface area contributed by atoms with E-state index in [1.165, 1.54) is 0 Å². The summed E-state index contributed by atoms with van der Waals surface area (Å²) < 4.78 is 0. The molecule has 0 radical (unpaired) electrons. The van der Waals surface area contributed by atoms with E-state index in [-0.39, 0.29) is 0 Å². The minimum Gasteiger partial charge on any atom is -0.278 e. The van der Waals surface area contributed by atoms with E-state index in [1.54, 1.807) is 24.3 Å². The van der Waals surface area contributed by atoms with E-state index in [0.717, 1.165) is 17.0 Å². The van der Waals surface area contributed by atoms with Gasteiger partial charge in [-0.15, -0.1) is 0 Å². The Morgan fingerprint density at radius 3 is 2.21 bits per heavy atom. The van der Waals surface area contributed by atoms with Gasteiger partial charge in [0, 0.05) is 15.6 Å². The fraction of sp³-hybridized carbons (Fsp3) is 0.0714. The van der Waals surface area contributed by atoms with Crippen LogP contribution >= 0.6 is 34.8 Å². The molecule has 1 N–H and O–H groups in total. The first-order chi connectivity index (χ1) is 9.06. The number of nitrogens with zero attached hydrogens (tertiary/aromatic N) is 1. The molecule has 2 nitrogen and oxygen atoms in total. The summed E-state index contributed by atoms with van der Waals surface area (Å²) in [4.78, 5) is 0. The normalized spacial score (nSPS) is 11.5. The third kappa shape index (κ3) is 3.87. The van der Waals surface area contributed by atoms with Crippen molar-refractivity contribution in [3.63, 3.8) is 0 Å². The highest BCUT2D eigenvalue weighted by molar-refractivity contribution is 6.37. The van der Waals surface area contributed by atoms with Gasteiger partial charge in [-0.25, -0.2) is 0 Å². The van der Waals surface area contributed by atoms with E-state index in [9.17, 15) is 0 Å². The van der Waals surface area contributed by atoms with Gasteiger partial charge in [-0.3, -0.25) is 5.43 Å². The number of halogens is 3. The molecule has 19 heavy (non-hydrogen) atoms. The van der Waals surface area contributed by atoms with Crippen molar-refractivity contribution in [3.05, 3.63) is 63.1 Å². The van der Waals surface area contributed by atoms with Crippen molar-refractivity contribution in [2.24, 2.45) is 5.10 Å². The lowest BCUT2D eigenvalue weighted by molar-refractivity contribution is 1.32. The van der Waals surface area contributed by atoms with Gasteiger partial charge < -0.3 is 0 Å². The van der Waals surface area contributed by atoms with Crippen molar-refractivity contribution >= 4 is 46.2 Å². The van der Waals surface area contributed by atoms with Gasteiger partial charge in [0.25, 0.3) is 0 Å². The summed E-state index contributed by atoms with van der Waals surface area (Å²) in [5.74, 6) is 0. The van der Waals surface area contributed by atoms with Crippen LogP contribution in [0, 0.1) is 0 Å². The number of anilines is 1. The summed E-state index contributed by atoms with van der Waals surface area (Å²) in [5, 5.41) is 6.15. The molecule has 0 aliphatic heterocycles. The average Bonchev–Trinajstić information content (AvgIpc) is 2.37. The zero-order chi connectivity index (χ0) is 13.8. The molecule has 0 atom stereocenters. The standard InChI is InChI=1S/C14H11Cl3N2/c1-9(13-7-4-11(16)8-14(13)17)18-19-12-5-2-10(15)3-6-12/h2-8,19H,1H3/b18-9-. The maximum atomic E-state index is 6.12. The molecule has 0 spiro atoms. The minimum absolute atomic E-state index is 0.576. The molecule has 0 aromatic heterocycles. The summed E-state index contributed by atoms with van der Waals surface area (Å²) in [6, 6.07) is 12.6. The van der Waals surface area contributed by atoms with Crippen LogP contribution in [0.15, 0.2) is 47.6 Å². The summed E-state index contributed by atoms with van der Waals surface area (Å²) in [6.45, 7) is 1.87. The van der Waals surface area contributed by atoms with Crippen LogP contribution in [0.1, 0.15) is 12.5 Å². The largest absolute Gasteiger partial charge is 0.278 e. The van der Waals surface area contributed by atoms with Gasteiger partial charge in [-0.05, 0) is 43.3 Å². The van der Waals surface area contributed by atoms with E-state index < -0.39 is 0 Å². The highest BCUT2D eigenvalue weighted by Gasteiger charge is 2.04.